The van der Waals surface area contributed by atoms with E-state index in [2.05, 4.69) is 0 Å². The summed E-state index contributed by atoms with van der Waals surface area (Å²) in [6.45, 7) is 3.20. The van der Waals surface area contributed by atoms with Crippen molar-refractivity contribution in [1.82, 2.24) is 0 Å². The molecule has 0 saturated heterocycles. The predicted octanol–water partition coefficient (Wildman–Crippen LogP) is 2.33. The number of hydrogen-bond acceptors (Lipinski definition) is 3. The number of hydrogen-bond donors (Lipinski definition) is 0. The molecular weight excluding hydrogens is 206 g/mol. The van der Waals surface area contributed by atoms with Gasteiger partial charge in [-0.05, 0) is 19.4 Å². The maximum atomic E-state index is 11.1. The Morgan fingerprint density at radius 3 is 2.69 bits per heavy atom. The van der Waals surface area contributed by atoms with Crippen LogP contribution < -0.4 is 0 Å². The van der Waals surface area contributed by atoms with Crippen LogP contribution in [0.2, 0.25) is 0 Å². The molecule has 0 N–H and O–H groups in total. The number of carbonyl (C=O) groups excluding carboxylic acids is 1. The van der Waals surface area contributed by atoms with E-state index >= 15 is 0 Å². The Hall–Kier alpha value is -1.71. The molecule has 16 heavy (non-hydrogen) atoms. The van der Waals surface area contributed by atoms with Crippen LogP contribution >= 0.6 is 0 Å². The largest absolute Gasteiger partial charge is 0.300 e. The summed E-state index contributed by atoms with van der Waals surface area (Å²) < 4.78 is 0. The summed E-state index contributed by atoms with van der Waals surface area (Å²) in [6, 6.07) is 7.53. The molecule has 1 aromatic rings. The van der Waals surface area contributed by atoms with Crippen LogP contribution in [-0.2, 0) is 4.79 Å². The Kier molecular flexibility index (Phi) is 4.17. The molecule has 0 heterocycles. The Morgan fingerprint density at radius 2 is 2.19 bits per heavy atom. The summed E-state index contributed by atoms with van der Waals surface area (Å²) in [5.74, 6) is -0.333. The molecule has 0 amide bonds. The van der Waals surface area contributed by atoms with Gasteiger partial charge in [-0.2, -0.15) is 0 Å². The highest BCUT2D eigenvalue weighted by Crippen LogP contribution is 2.21. The smallest absolute Gasteiger partial charge is 0.211 e. The second-order valence-corrected chi connectivity index (χ2v) is 4.03. The Morgan fingerprint density at radius 1 is 1.50 bits per heavy atom. The van der Waals surface area contributed by atoms with Crippen LogP contribution in [-0.4, -0.2) is 17.3 Å². The van der Waals surface area contributed by atoms with Gasteiger partial charge in [-0.1, -0.05) is 29.8 Å². The van der Waals surface area contributed by atoms with Crippen LogP contribution in [0.3, 0.4) is 0 Å². The third-order valence-corrected chi connectivity index (χ3v) is 2.42. The Labute approximate surface area is 94.4 Å². The molecule has 0 aliphatic carbocycles. The zero-order chi connectivity index (χ0) is 12.1. The van der Waals surface area contributed by atoms with E-state index in [0.29, 0.717) is 0 Å². The van der Waals surface area contributed by atoms with Crippen LogP contribution in [0.25, 0.3) is 0 Å². The monoisotopic (exact) mass is 221 g/mol. The molecule has 4 nitrogen and oxygen atoms in total. The number of rotatable bonds is 5. The van der Waals surface area contributed by atoms with Gasteiger partial charge in [0.2, 0.25) is 6.54 Å². The van der Waals surface area contributed by atoms with Crippen molar-refractivity contribution in [2.24, 2.45) is 0 Å². The quantitative estimate of drug-likeness (QED) is 0.566. The summed E-state index contributed by atoms with van der Waals surface area (Å²) >= 11 is 0. The van der Waals surface area contributed by atoms with Gasteiger partial charge in [0, 0.05) is 11.3 Å². The van der Waals surface area contributed by atoms with Gasteiger partial charge in [-0.25, -0.2) is 0 Å². The molecule has 0 aliphatic heterocycles. The first-order valence-electron chi connectivity index (χ1n) is 5.17. The fourth-order valence-electron chi connectivity index (χ4n) is 1.74. The third-order valence-electron chi connectivity index (χ3n) is 2.42. The number of Topliss-reactive ketones (excluding diaryl/α,β-unsaturated/α-hetero) is 1. The zero-order valence-electron chi connectivity index (χ0n) is 9.47. The van der Waals surface area contributed by atoms with Crippen LogP contribution in [0.5, 0.6) is 0 Å². The van der Waals surface area contributed by atoms with Crippen molar-refractivity contribution >= 4 is 5.78 Å². The van der Waals surface area contributed by atoms with E-state index < -0.39 is 0 Å². The van der Waals surface area contributed by atoms with E-state index in [4.69, 9.17) is 0 Å². The lowest BCUT2D eigenvalue weighted by Gasteiger charge is -2.11. The number of nitrogens with zero attached hydrogens (tertiary/aromatic N) is 1. The van der Waals surface area contributed by atoms with Crippen LogP contribution in [0.4, 0.5) is 0 Å². The summed E-state index contributed by atoms with van der Waals surface area (Å²) in [6.07, 6.45) is 0.227. The molecule has 0 fully saturated rings. The minimum atomic E-state index is -0.365. The average Bonchev–Trinajstić information content (AvgIpc) is 2.15. The van der Waals surface area contributed by atoms with Gasteiger partial charge < -0.3 is 4.79 Å². The minimum absolute atomic E-state index is 0.0200. The molecule has 1 rings (SSSR count). The Bertz CT molecular complexity index is 385. The second-order valence-electron chi connectivity index (χ2n) is 4.03. The highest BCUT2D eigenvalue weighted by molar-refractivity contribution is 5.76. The van der Waals surface area contributed by atoms with Crippen molar-refractivity contribution in [1.29, 1.82) is 0 Å². The molecule has 0 aliphatic rings. The average molecular weight is 221 g/mol. The van der Waals surface area contributed by atoms with E-state index in [1.807, 2.05) is 31.2 Å². The van der Waals surface area contributed by atoms with Gasteiger partial charge >= 0.3 is 0 Å². The van der Waals surface area contributed by atoms with Gasteiger partial charge in [-0.15, -0.1) is 0 Å². The fourth-order valence-corrected chi connectivity index (χ4v) is 1.74. The van der Waals surface area contributed by atoms with Crippen molar-refractivity contribution in [2.45, 2.75) is 26.2 Å². The fraction of sp³-hybridized carbons (Fsp3) is 0.417. The lowest BCUT2D eigenvalue weighted by Crippen LogP contribution is -2.15. The highest BCUT2D eigenvalue weighted by atomic mass is 16.6. The molecular formula is C12H15NO3. The number of ketones is 1. The maximum Gasteiger partial charge on any atom is 0.211 e. The first-order valence-corrected chi connectivity index (χ1v) is 5.17. The van der Waals surface area contributed by atoms with Crippen LogP contribution in [0, 0.1) is 17.0 Å². The van der Waals surface area contributed by atoms with Gasteiger partial charge in [0.25, 0.3) is 0 Å². The van der Waals surface area contributed by atoms with Crippen molar-refractivity contribution in [3.63, 3.8) is 0 Å². The van der Waals surface area contributed by atoms with Crippen LogP contribution in [0.15, 0.2) is 24.3 Å². The van der Waals surface area contributed by atoms with E-state index in [1.165, 1.54) is 6.92 Å². The maximum absolute atomic E-state index is 11.1. The first kappa shape index (κ1) is 12.4. The van der Waals surface area contributed by atoms with Gasteiger partial charge in [0.15, 0.2) is 0 Å². The minimum Gasteiger partial charge on any atom is -0.300 e. The molecule has 0 saturated carbocycles. The molecule has 1 atom stereocenters. The summed E-state index contributed by atoms with van der Waals surface area (Å²) in [5.41, 5.74) is 1.92. The summed E-state index contributed by atoms with van der Waals surface area (Å²) in [4.78, 5) is 21.2. The van der Waals surface area contributed by atoms with E-state index in [0.717, 1.165) is 11.1 Å². The summed E-state index contributed by atoms with van der Waals surface area (Å²) in [7, 11) is 0. The van der Waals surface area contributed by atoms with Gasteiger partial charge in [0.05, 0.1) is 5.92 Å². The second kappa shape index (κ2) is 5.39. The standard InChI is InChI=1S/C12H15NO3/c1-9-4-3-5-11(6-9)12(7-10(2)14)8-13(15)16/h3-6,12H,7-8H2,1-2H3/t12-/m1/s1. The molecule has 0 aromatic heterocycles. The predicted molar refractivity (Wildman–Crippen MR) is 61.1 cm³/mol. The Balaban J connectivity index is 2.90. The number of benzene rings is 1. The zero-order valence-corrected chi connectivity index (χ0v) is 9.47. The number of nitro groups is 1. The summed E-state index contributed by atoms with van der Waals surface area (Å²) in [5, 5.41) is 10.5. The molecule has 0 bridgehead atoms. The molecule has 1 aromatic carbocycles. The van der Waals surface area contributed by atoms with Gasteiger partial charge in [-0.3, -0.25) is 10.1 Å². The van der Waals surface area contributed by atoms with E-state index in [1.54, 1.807) is 0 Å². The first-order chi connectivity index (χ1) is 7.49. The molecule has 86 valence electrons. The van der Waals surface area contributed by atoms with Crippen molar-refractivity contribution < 1.29 is 9.72 Å². The van der Waals surface area contributed by atoms with Crippen molar-refractivity contribution in [3.8, 4) is 0 Å². The van der Waals surface area contributed by atoms with Gasteiger partial charge in [0.1, 0.15) is 5.78 Å². The number of aryl methyl sites for hydroxylation is 1. The topological polar surface area (TPSA) is 60.2 Å². The van der Waals surface area contributed by atoms with Crippen molar-refractivity contribution in [3.05, 3.63) is 45.5 Å². The van der Waals surface area contributed by atoms with Crippen molar-refractivity contribution in [2.75, 3.05) is 6.54 Å². The molecule has 0 spiro atoms. The van der Waals surface area contributed by atoms with Crippen LogP contribution in [0.1, 0.15) is 30.4 Å². The van der Waals surface area contributed by atoms with E-state index in [9.17, 15) is 14.9 Å². The third kappa shape index (κ3) is 3.81. The lowest BCUT2D eigenvalue weighted by atomic mass is 9.93. The molecule has 4 heteroatoms. The molecule has 0 radical (unpaired) electrons. The lowest BCUT2D eigenvalue weighted by molar-refractivity contribution is -0.483. The van der Waals surface area contributed by atoms with E-state index in [-0.39, 0.29) is 29.6 Å². The SMILES string of the molecule is CC(=O)C[C@H](C[N+](=O)[O-])c1cccc(C)c1. The number of carbonyl (C=O) groups is 1. The normalized spacial score (nSPS) is 12.1. The molecule has 0 unspecified atom stereocenters. The highest BCUT2D eigenvalue weighted by Gasteiger charge is 2.19.